The summed E-state index contributed by atoms with van der Waals surface area (Å²) in [5, 5.41) is 9.08. The number of esters is 1. The van der Waals surface area contributed by atoms with Crippen LogP contribution < -0.4 is 5.43 Å². The van der Waals surface area contributed by atoms with Gasteiger partial charge in [-0.25, -0.2) is 4.79 Å². The van der Waals surface area contributed by atoms with Gasteiger partial charge in [0.05, 0.1) is 6.61 Å². The van der Waals surface area contributed by atoms with Crippen molar-refractivity contribution in [3.63, 3.8) is 0 Å². The second kappa shape index (κ2) is 5.30. The SMILES string of the molecule is CCOC(=O)c1c(C(F)(F)F)[nH]c(C(F)(F)F)c(O)c1=O. The van der Waals surface area contributed by atoms with Gasteiger partial charge in [-0.15, -0.1) is 0 Å². The summed E-state index contributed by atoms with van der Waals surface area (Å²) in [5.41, 5.74) is -8.40. The van der Waals surface area contributed by atoms with Gasteiger partial charge in [0.1, 0.15) is 11.3 Å². The van der Waals surface area contributed by atoms with Crippen molar-refractivity contribution in [2.75, 3.05) is 6.61 Å². The molecule has 5 nitrogen and oxygen atoms in total. The zero-order valence-electron chi connectivity index (χ0n) is 10.1. The number of carbonyl (C=O) groups excluding carboxylic acids is 1. The Balaban J connectivity index is 3.77. The van der Waals surface area contributed by atoms with Crippen LogP contribution in [0.3, 0.4) is 0 Å². The van der Waals surface area contributed by atoms with E-state index in [-0.39, 0.29) is 0 Å². The predicted molar refractivity (Wildman–Crippen MR) is 54.7 cm³/mol. The number of hydrogen-bond donors (Lipinski definition) is 2. The van der Waals surface area contributed by atoms with Gasteiger partial charge in [0.25, 0.3) is 0 Å². The standard InChI is InChI=1S/C10H7F6NO4/c1-2-21-8(20)3-4(18)5(19)7(10(14,15)16)17-6(3)9(11,12)13/h19H,2H2,1H3,(H,17,18). The molecule has 2 N–H and O–H groups in total. The van der Waals surface area contributed by atoms with E-state index >= 15 is 0 Å². The van der Waals surface area contributed by atoms with E-state index in [0.717, 1.165) is 4.98 Å². The van der Waals surface area contributed by atoms with E-state index in [1.165, 1.54) is 6.92 Å². The van der Waals surface area contributed by atoms with Gasteiger partial charge < -0.3 is 14.8 Å². The molecule has 0 amide bonds. The van der Waals surface area contributed by atoms with E-state index in [2.05, 4.69) is 4.74 Å². The van der Waals surface area contributed by atoms with E-state index < -0.39 is 53.1 Å². The Morgan fingerprint density at radius 1 is 1.14 bits per heavy atom. The normalized spacial score (nSPS) is 12.3. The number of rotatable bonds is 2. The second-order valence-electron chi connectivity index (χ2n) is 3.64. The predicted octanol–water partition coefficient (Wildman–Crippen LogP) is 2.29. The number of halogens is 6. The van der Waals surface area contributed by atoms with E-state index in [4.69, 9.17) is 5.11 Å². The largest absolute Gasteiger partial charge is 0.503 e. The van der Waals surface area contributed by atoms with Crippen LogP contribution in [0.2, 0.25) is 0 Å². The number of hydrogen-bond acceptors (Lipinski definition) is 4. The lowest BCUT2D eigenvalue weighted by Crippen LogP contribution is -2.29. The Hall–Kier alpha value is -2.20. The molecule has 21 heavy (non-hydrogen) atoms. The monoisotopic (exact) mass is 319 g/mol. The molecule has 0 aliphatic rings. The number of aromatic nitrogens is 1. The molecule has 0 saturated carbocycles. The molecule has 0 unspecified atom stereocenters. The van der Waals surface area contributed by atoms with Crippen LogP contribution in [0, 0.1) is 0 Å². The molecule has 0 atom stereocenters. The van der Waals surface area contributed by atoms with Crippen LogP contribution in [0.15, 0.2) is 4.79 Å². The minimum absolute atomic E-state index is 0.419. The topological polar surface area (TPSA) is 79.4 Å². The van der Waals surface area contributed by atoms with Crippen LogP contribution in [0.25, 0.3) is 0 Å². The molecule has 0 fully saturated rings. The summed E-state index contributed by atoms with van der Waals surface area (Å²) in [6, 6.07) is 0. The van der Waals surface area contributed by atoms with Gasteiger partial charge in [-0.2, -0.15) is 26.3 Å². The van der Waals surface area contributed by atoms with Gasteiger partial charge in [-0.1, -0.05) is 0 Å². The highest BCUT2D eigenvalue weighted by molar-refractivity contribution is 5.91. The summed E-state index contributed by atoms with van der Waals surface area (Å²) in [6.07, 6.45) is -10.9. The van der Waals surface area contributed by atoms with Crippen LogP contribution in [0.4, 0.5) is 26.3 Å². The first-order valence-corrected chi connectivity index (χ1v) is 5.22. The molecular weight excluding hydrogens is 312 g/mol. The summed E-state index contributed by atoms with van der Waals surface area (Å²) < 4.78 is 79.7. The van der Waals surface area contributed by atoms with Crippen molar-refractivity contribution in [1.82, 2.24) is 4.98 Å². The Bertz CT molecular complexity index is 616. The van der Waals surface area contributed by atoms with Crippen molar-refractivity contribution >= 4 is 5.97 Å². The lowest BCUT2D eigenvalue weighted by Gasteiger charge is -2.16. The maximum Gasteiger partial charge on any atom is 0.435 e. The number of H-pyrrole nitrogens is 1. The van der Waals surface area contributed by atoms with Gasteiger partial charge in [-0.3, -0.25) is 4.79 Å². The van der Waals surface area contributed by atoms with E-state index in [1.54, 1.807) is 0 Å². The molecule has 118 valence electrons. The fraction of sp³-hybridized carbons (Fsp3) is 0.400. The summed E-state index contributed by atoms with van der Waals surface area (Å²) >= 11 is 0. The number of carbonyl (C=O) groups is 1. The first-order valence-electron chi connectivity index (χ1n) is 5.22. The molecule has 1 aromatic rings. The number of alkyl halides is 6. The molecule has 1 heterocycles. The molecule has 0 aliphatic heterocycles. The summed E-state index contributed by atoms with van der Waals surface area (Å²) in [4.78, 5) is 23.6. The Morgan fingerprint density at radius 2 is 1.62 bits per heavy atom. The quantitative estimate of drug-likeness (QED) is 0.647. The second-order valence-corrected chi connectivity index (χ2v) is 3.64. The summed E-state index contributed by atoms with van der Waals surface area (Å²) in [7, 11) is 0. The zero-order valence-corrected chi connectivity index (χ0v) is 10.1. The van der Waals surface area contributed by atoms with Gasteiger partial charge in [0, 0.05) is 0 Å². The van der Waals surface area contributed by atoms with Crippen LogP contribution in [-0.4, -0.2) is 22.7 Å². The molecule has 0 saturated heterocycles. The number of pyridine rings is 1. The van der Waals surface area contributed by atoms with Gasteiger partial charge >= 0.3 is 18.3 Å². The maximum absolute atomic E-state index is 12.7. The molecule has 11 heteroatoms. The molecular formula is C10H7F6NO4. The Kier molecular flexibility index (Phi) is 4.25. The van der Waals surface area contributed by atoms with Gasteiger partial charge in [0.2, 0.25) is 5.43 Å². The molecule has 1 aromatic heterocycles. The third-order valence-corrected chi connectivity index (χ3v) is 2.23. The fourth-order valence-corrected chi connectivity index (χ4v) is 1.41. The lowest BCUT2D eigenvalue weighted by atomic mass is 10.1. The molecule has 0 bridgehead atoms. The van der Waals surface area contributed by atoms with E-state index in [0.29, 0.717) is 0 Å². The van der Waals surface area contributed by atoms with E-state index in [1.807, 2.05) is 0 Å². The highest BCUT2D eigenvalue weighted by Gasteiger charge is 2.44. The minimum Gasteiger partial charge on any atom is -0.503 e. The summed E-state index contributed by atoms with van der Waals surface area (Å²) in [5.74, 6) is -3.84. The lowest BCUT2D eigenvalue weighted by molar-refractivity contribution is -0.151. The number of aromatic hydroxyl groups is 1. The first kappa shape index (κ1) is 16.9. The Morgan fingerprint density at radius 3 is 2.00 bits per heavy atom. The molecule has 0 spiro atoms. The van der Waals surface area contributed by atoms with Crippen molar-refractivity contribution in [2.45, 2.75) is 19.3 Å². The van der Waals surface area contributed by atoms with Crippen molar-refractivity contribution in [2.24, 2.45) is 0 Å². The fourth-order valence-electron chi connectivity index (χ4n) is 1.41. The number of aromatic amines is 1. The average Bonchev–Trinajstić information content (AvgIpc) is 2.29. The van der Waals surface area contributed by atoms with Crippen molar-refractivity contribution < 1.29 is 41.0 Å². The van der Waals surface area contributed by atoms with Gasteiger partial charge in [0.15, 0.2) is 11.4 Å². The first-order chi connectivity index (χ1) is 9.41. The molecule has 0 radical (unpaired) electrons. The third kappa shape index (κ3) is 3.28. The zero-order chi connectivity index (χ0) is 16.6. The van der Waals surface area contributed by atoms with Crippen LogP contribution in [-0.2, 0) is 17.1 Å². The van der Waals surface area contributed by atoms with Gasteiger partial charge in [-0.05, 0) is 6.92 Å². The molecule has 0 aromatic carbocycles. The van der Waals surface area contributed by atoms with Crippen molar-refractivity contribution in [3.8, 4) is 5.75 Å². The number of ether oxygens (including phenoxy) is 1. The summed E-state index contributed by atoms with van der Waals surface area (Å²) in [6.45, 7) is 0.792. The highest BCUT2D eigenvalue weighted by atomic mass is 19.4. The maximum atomic E-state index is 12.7. The van der Waals surface area contributed by atoms with Crippen molar-refractivity contribution in [1.29, 1.82) is 0 Å². The van der Waals surface area contributed by atoms with Crippen molar-refractivity contribution in [3.05, 3.63) is 27.2 Å². The molecule has 0 aliphatic carbocycles. The highest BCUT2D eigenvalue weighted by Crippen LogP contribution is 2.37. The average molecular weight is 319 g/mol. The van der Waals surface area contributed by atoms with Crippen LogP contribution in [0.1, 0.15) is 28.7 Å². The van der Waals surface area contributed by atoms with E-state index in [9.17, 15) is 35.9 Å². The minimum atomic E-state index is -5.46. The Labute approximate surface area is 112 Å². The van der Waals surface area contributed by atoms with Crippen LogP contribution in [0.5, 0.6) is 5.75 Å². The number of nitrogens with one attached hydrogen (secondary N) is 1. The smallest absolute Gasteiger partial charge is 0.435 e. The third-order valence-electron chi connectivity index (χ3n) is 2.23. The molecule has 1 rings (SSSR count). The van der Waals surface area contributed by atoms with Crippen LogP contribution >= 0.6 is 0 Å².